The maximum absolute atomic E-state index is 11.1. The van der Waals surface area contributed by atoms with E-state index in [0.717, 1.165) is 32.3 Å². The van der Waals surface area contributed by atoms with Crippen LogP contribution in [0.25, 0.3) is 0 Å². The number of carbonyl (C=O) groups is 1. The van der Waals surface area contributed by atoms with Gasteiger partial charge in [-0.1, -0.05) is 0 Å². The molecule has 0 aromatic carbocycles. The Bertz CT molecular complexity index is 205. The quantitative estimate of drug-likeness (QED) is 0.682. The van der Waals surface area contributed by atoms with Gasteiger partial charge in [-0.2, -0.15) is 11.8 Å². The Balaban J connectivity index is 1.80. The molecule has 3 heteroatoms. The molecule has 0 bridgehead atoms. The lowest BCUT2D eigenvalue weighted by Crippen LogP contribution is -2.16. The van der Waals surface area contributed by atoms with E-state index in [1.54, 1.807) is 0 Å². The molecule has 0 amide bonds. The van der Waals surface area contributed by atoms with E-state index in [-0.39, 0.29) is 0 Å². The number of carbonyl (C=O) groups excluding carboxylic acids is 1. The molecule has 1 saturated carbocycles. The van der Waals surface area contributed by atoms with Crippen LogP contribution in [0.5, 0.6) is 0 Å². The van der Waals surface area contributed by atoms with Gasteiger partial charge in [0, 0.05) is 29.9 Å². The molecular weight excluding hydrogens is 184 g/mol. The van der Waals surface area contributed by atoms with Gasteiger partial charge in [0.1, 0.15) is 5.78 Å². The molecule has 2 fully saturated rings. The predicted octanol–water partition coefficient (Wildman–Crippen LogP) is 2.02. The van der Waals surface area contributed by atoms with Crippen molar-refractivity contribution in [1.29, 1.82) is 0 Å². The van der Waals surface area contributed by atoms with Crippen LogP contribution in [0.15, 0.2) is 0 Å². The average Bonchev–Trinajstić information content (AvgIpc) is 2.64. The highest BCUT2D eigenvalue weighted by molar-refractivity contribution is 8.00. The van der Waals surface area contributed by atoms with Crippen molar-refractivity contribution in [3.63, 3.8) is 0 Å². The van der Waals surface area contributed by atoms with E-state index >= 15 is 0 Å². The fraction of sp³-hybridized carbons (Fsp3) is 0.900. The molecule has 2 aliphatic rings. The summed E-state index contributed by atoms with van der Waals surface area (Å²) in [5, 5.41) is 1.22. The summed E-state index contributed by atoms with van der Waals surface area (Å²) in [5.74, 6) is 0.448. The molecule has 1 aliphatic heterocycles. The van der Waals surface area contributed by atoms with Crippen LogP contribution in [-0.2, 0) is 9.53 Å². The summed E-state index contributed by atoms with van der Waals surface area (Å²) in [6.45, 7) is 3.04. The van der Waals surface area contributed by atoms with Crippen molar-refractivity contribution in [2.45, 2.75) is 49.2 Å². The minimum Gasteiger partial charge on any atom is -0.377 e. The Morgan fingerprint density at radius 2 is 2.31 bits per heavy atom. The second-order valence-corrected chi connectivity index (χ2v) is 5.49. The highest BCUT2D eigenvalue weighted by atomic mass is 32.2. The van der Waals surface area contributed by atoms with Gasteiger partial charge < -0.3 is 4.74 Å². The van der Waals surface area contributed by atoms with Gasteiger partial charge in [-0.15, -0.1) is 0 Å². The first kappa shape index (κ1) is 9.53. The normalized spacial score (nSPS) is 40.1. The minimum absolute atomic E-state index is 0.390. The summed E-state index contributed by atoms with van der Waals surface area (Å²) in [6, 6.07) is 0. The Morgan fingerprint density at radius 3 is 2.85 bits per heavy atom. The van der Waals surface area contributed by atoms with Gasteiger partial charge in [0.05, 0.1) is 6.10 Å². The predicted molar refractivity (Wildman–Crippen MR) is 54.1 cm³/mol. The van der Waals surface area contributed by atoms with Crippen LogP contribution >= 0.6 is 11.8 Å². The monoisotopic (exact) mass is 200 g/mol. The van der Waals surface area contributed by atoms with Crippen LogP contribution in [-0.4, -0.2) is 29.0 Å². The molecule has 0 spiro atoms. The molecule has 1 heterocycles. The van der Waals surface area contributed by atoms with Crippen LogP contribution in [0, 0.1) is 0 Å². The zero-order valence-electron chi connectivity index (χ0n) is 7.99. The molecule has 0 aromatic rings. The van der Waals surface area contributed by atoms with Gasteiger partial charge in [-0.05, 0) is 19.8 Å². The SMILES string of the molecule is CC1OCCC1SC1CCC(=O)C1. The third-order valence-electron chi connectivity index (χ3n) is 2.87. The molecule has 1 aliphatic carbocycles. The second-order valence-electron chi connectivity index (χ2n) is 3.94. The summed E-state index contributed by atoms with van der Waals surface area (Å²) in [5.41, 5.74) is 0. The van der Waals surface area contributed by atoms with Gasteiger partial charge >= 0.3 is 0 Å². The third-order valence-corrected chi connectivity index (χ3v) is 4.63. The molecule has 0 aromatic heterocycles. The van der Waals surface area contributed by atoms with E-state index in [4.69, 9.17) is 4.74 Å². The van der Waals surface area contributed by atoms with Crippen LogP contribution < -0.4 is 0 Å². The van der Waals surface area contributed by atoms with Gasteiger partial charge in [-0.3, -0.25) is 4.79 Å². The maximum Gasteiger partial charge on any atom is 0.134 e. The molecule has 3 atom stereocenters. The smallest absolute Gasteiger partial charge is 0.134 e. The molecular formula is C10H16O2S. The topological polar surface area (TPSA) is 26.3 Å². The lowest BCUT2D eigenvalue weighted by molar-refractivity contribution is -0.117. The van der Waals surface area contributed by atoms with Crippen molar-refractivity contribution in [2.75, 3.05) is 6.61 Å². The molecule has 0 radical (unpaired) electrons. The molecule has 2 nitrogen and oxygen atoms in total. The Morgan fingerprint density at radius 1 is 1.46 bits per heavy atom. The van der Waals surface area contributed by atoms with Crippen LogP contribution in [0.4, 0.5) is 0 Å². The molecule has 74 valence electrons. The fourth-order valence-electron chi connectivity index (χ4n) is 2.03. The van der Waals surface area contributed by atoms with Crippen LogP contribution in [0.2, 0.25) is 0 Å². The van der Waals surface area contributed by atoms with E-state index in [1.165, 1.54) is 0 Å². The Kier molecular flexibility index (Phi) is 2.94. The summed E-state index contributed by atoms with van der Waals surface area (Å²) < 4.78 is 5.50. The first-order chi connectivity index (χ1) is 6.25. The first-order valence-corrected chi connectivity index (χ1v) is 5.99. The summed E-state index contributed by atoms with van der Waals surface area (Å²) in [7, 11) is 0. The zero-order chi connectivity index (χ0) is 9.26. The summed E-state index contributed by atoms with van der Waals surface area (Å²) >= 11 is 1.98. The lowest BCUT2D eigenvalue weighted by Gasteiger charge is -2.17. The van der Waals surface area contributed by atoms with Crippen molar-refractivity contribution >= 4 is 17.5 Å². The average molecular weight is 200 g/mol. The number of hydrogen-bond acceptors (Lipinski definition) is 3. The van der Waals surface area contributed by atoms with Gasteiger partial charge in [0.2, 0.25) is 0 Å². The van der Waals surface area contributed by atoms with Gasteiger partial charge in [0.25, 0.3) is 0 Å². The van der Waals surface area contributed by atoms with E-state index in [2.05, 4.69) is 6.92 Å². The highest BCUT2D eigenvalue weighted by Gasteiger charge is 2.31. The largest absolute Gasteiger partial charge is 0.377 e. The molecule has 0 N–H and O–H groups in total. The number of thioether (sulfide) groups is 1. The van der Waals surface area contributed by atoms with Crippen molar-refractivity contribution in [3.8, 4) is 0 Å². The van der Waals surface area contributed by atoms with E-state index < -0.39 is 0 Å². The molecule has 1 saturated heterocycles. The van der Waals surface area contributed by atoms with Crippen molar-refractivity contribution in [2.24, 2.45) is 0 Å². The summed E-state index contributed by atoms with van der Waals surface area (Å²) in [4.78, 5) is 11.1. The number of rotatable bonds is 2. The number of hydrogen-bond donors (Lipinski definition) is 0. The number of Topliss-reactive ketones (excluding diaryl/α,β-unsaturated/α-hetero) is 1. The van der Waals surface area contributed by atoms with E-state index in [9.17, 15) is 4.79 Å². The van der Waals surface area contributed by atoms with Crippen LogP contribution in [0.3, 0.4) is 0 Å². The Hall–Kier alpha value is -0.0200. The van der Waals surface area contributed by atoms with Crippen molar-refractivity contribution in [3.05, 3.63) is 0 Å². The molecule has 2 rings (SSSR count). The third kappa shape index (κ3) is 2.26. The second kappa shape index (κ2) is 4.01. The zero-order valence-corrected chi connectivity index (χ0v) is 8.81. The van der Waals surface area contributed by atoms with Gasteiger partial charge in [-0.25, -0.2) is 0 Å². The van der Waals surface area contributed by atoms with Gasteiger partial charge in [0.15, 0.2) is 0 Å². The van der Waals surface area contributed by atoms with Crippen molar-refractivity contribution < 1.29 is 9.53 Å². The van der Waals surface area contributed by atoms with Crippen molar-refractivity contribution in [1.82, 2.24) is 0 Å². The fourth-order valence-corrected chi connectivity index (χ4v) is 3.60. The van der Waals surface area contributed by atoms with Crippen LogP contribution in [0.1, 0.15) is 32.6 Å². The first-order valence-electron chi connectivity index (χ1n) is 5.04. The highest BCUT2D eigenvalue weighted by Crippen LogP contribution is 2.35. The molecule has 3 unspecified atom stereocenters. The number of ketones is 1. The standard InChI is InChI=1S/C10H16O2S/c1-7-10(4-5-12-7)13-9-3-2-8(11)6-9/h7,9-10H,2-6H2,1H3. The maximum atomic E-state index is 11.1. The Labute approximate surface area is 83.4 Å². The summed E-state index contributed by atoms with van der Waals surface area (Å²) in [6.07, 6.45) is 4.25. The van der Waals surface area contributed by atoms with E-state index in [0.29, 0.717) is 22.4 Å². The minimum atomic E-state index is 0.390. The van der Waals surface area contributed by atoms with E-state index in [1.807, 2.05) is 11.8 Å². The lowest BCUT2D eigenvalue weighted by atomic mass is 10.3. The number of ether oxygens (including phenoxy) is 1. The molecule has 13 heavy (non-hydrogen) atoms.